The lowest BCUT2D eigenvalue weighted by molar-refractivity contribution is 0.505. The molecule has 2 aromatic heterocycles. The number of benzene rings is 1. The van der Waals surface area contributed by atoms with Gasteiger partial charge in [-0.3, -0.25) is 4.79 Å². The predicted molar refractivity (Wildman–Crippen MR) is 99.7 cm³/mol. The summed E-state index contributed by atoms with van der Waals surface area (Å²) < 4.78 is 2.16. The number of anilines is 1. The van der Waals surface area contributed by atoms with Crippen LogP contribution in [-0.4, -0.2) is 14.8 Å². The van der Waals surface area contributed by atoms with Crippen LogP contribution in [-0.2, 0) is 0 Å². The van der Waals surface area contributed by atoms with Crippen molar-refractivity contribution in [2.75, 3.05) is 5.73 Å². The number of hydrogen-bond acceptors (Lipinski definition) is 4. The van der Waals surface area contributed by atoms with Crippen LogP contribution in [0.1, 0.15) is 19.9 Å². The van der Waals surface area contributed by atoms with Gasteiger partial charge in [-0.05, 0) is 41.9 Å². The molecule has 0 amide bonds. The summed E-state index contributed by atoms with van der Waals surface area (Å²) in [5.41, 5.74) is 9.01. The Hall–Kier alpha value is -2.47. The Bertz CT molecular complexity index is 935. The van der Waals surface area contributed by atoms with Crippen LogP contribution < -0.4 is 11.3 Å². The molecule has 1 aromatic carbocycles. The van der Waals surface area contributed by atoms with Crippen LogP contribution in [0.4, 0.5) is 5.82 Å². The Morgan fingerprint density at radius 1 is 1.12 bits per heavy atom. The van der Waals surface area contributed by atoms with Crippen LogP contribution in [0.25, 0.3) is 22.5 Å². The van der Waals surface area contributed by atoms with Gasteiger partial charge in [0.1, 0.15) is 5.82 Å². The molecule has 0 unspecified atom stereocenters. The molecule has 0 radical (unpaired) electrons. The van der Waals surface area contributed by atoms with Gasteiger partial charge in [0.25, 0.3) is 5.56 Å². The number of aromatic nitrogens is 3. The van der Waals surface area contributed by atoms with Crippen LogP contribution >= 0.6 is 15.9 Å². The van der Waals surface area contributed by atoms with Gasteiger partial charge in [0.05, 0.1) is 21.9 Å². The molecule has 3 aromatic rings. The highest BCUT2D eigenvalue weighted by Gasteiger charge is 2.15. The van der Waals surface area contributed by atoms with E-state index in [0.717, 1.165) is 16.8 Å². The van der Waals surface area contributed by atoms with Crippen molar-refractivity contribution in [3.63, 3.8) is 0 Å². The molecule has 0 aliphatic heterocycles. The van der Waals surface area contributed by atoms with Gasteiger partial charge in [-0.1, -0.05) is 30.3 Å². The number of nitrogens with zero attached hydrogens (tertiary/aromatic N) is 3. The lowest BCUT2D eigenvalue weighted by Gasteiger charge is -2.14. The second-order valence-corrected chi connectivity index (χ2v) is 6.57. The summed E-state index contributed by atoms with van der Waals surface area (Å²) in [5.74, 6) is 0.412. The third-order valence-electron chi connectivity index (χ3n) is 3.64. The van der Waals surface area contributed by atoms with Gasteiger partial charge in [0.2, 0.25) is 0 Å². The van der Waals surface area contributed by atoms with Crippen molar-refractivity contribution in [2.45, 2.75) is 19.9 Å². The minimum atomic E-state index is -0.127. The topological polar surface area (TPSA) is 73.8 Å². The van der Waals surface area contributed by atoms with Crippen molar-refractivity contribution in [3.8, 4) is 22.5 Å². The fourth-order valence-electron chi connectivity index (χ4n) is 2.45. The molecule has 0 saturated heterocycles. The molecule has 0 fully saturated rings. The Balaban J connectivity index is 2.27. The van der Waals surface area contributed by atoms with Crippen LogP contribution in [0.15, 0.2) is 57.8 Å². The zero-order chi connectivity index (χ0) is 17.3. The Morgan fingerprint density at radius 3 is 2.50 bits per heavy atom. The first kappa shape index (κ1) is 16.4. The maximum absolute atomic E-state index is 12.0. The zero-order valence-electron chi connectivity index (χ0n) is 13.4. The SMILES string of the molecule is CC(C)n1nc(-c2cc(Br)c(N)nc2-c2ccccc2)ccc1=O. The second-order valence-electron chi connectivity index (χ2n) is 5.71. The number of halogens is 1. The normalized spacial score (nSPS) is 11.0. The van der Waals surface area contributed by atoms with Crippen molar-refractivity contribution in [2.24, 2.45) is 0 Å². The number of rotatable bonds is 3. The average Bonchev–Trinajstić information content (AvgIpc) is 2.58. The minimum absolute atomic E-state index is 0.0252. The van der Waals surface area contributed by atoms with Crippen molar-refractivity contribution in [1.29, 1.82) is 0 Å². The van der Waals surface area contributed by atoms with Crippen molar-refractivity contribution in [1.82, 2.24) is 14.8 Å². The van der Waals surface area contributed by atoms with E-state index in [1.165, 1.54) is 10.7 Å². The lowest BCUT2D eigenvalue weighted by Crippen LogP contribution is -2.24. The first-order valence-electron chi connectivity index (χ1n) is 7.59. The molecule has 0 spiro atoms. The molecule has 122 valence electrons. The van der Waals surface area contributed by atoms with Crippen molar-refractivity contribution in [3.05, 3.63) is 63.4 Å². The molecule has 6 heteroatoms. The zero-order valence-corrected chi connectivity index (χ0v) is 15.0. The number of nitrogen functional groups attached to an aromatic ring is 1. The first-order chi connectivity index (χ1) is 11.5. The van der Waals surface area contributed by atoms with Crippen LogP contribution in [0.3, 0.4) is 0 Å². The highest BCUT2D eigenvalue weighted by atomic mass is 79.9. The van der Waals surface area contributed by atoms with Gasteiger partial charge < -0.3 is 5.73 Å². The maximum Gasteiger partial charge on any atom is 0.267 e. The summed E-state index contributed by atoms with van der Waals surface area (Å²) in [6, 6.07) is 14.9. The molecular weight excluding hydrogens is 368 g/mol. The highest BCUT2D eigenvalue weighted by Crippen LogP contribution is 2.33. The molecule has 5 nitrogen and oxygen atoms in total. The number of hydrogen-bond donors (Lipinski definition) is 1. The molecule has 0 atom stereocenters. The monoisotopic (exact) mass is 384 g/mol. The van der Waals surface area contributed by atoms with Gasteiger partial charge in [-0.15, -0.1) is 0 Å². The third kappa shape index (κ3) is 3.10. The molecule has 2 heterocycles. The third-order valence-corrected chi connectivity index (χ3v) is 4.28. The fourth-order valence-corrected chi connectivity index (χ4v) is 2.77. The predicted octanol–water partition coefficient (Wildman–Crippen LogP) is 3.90. The molecule has 3 rings (SSSR count). The maximum atomic E-state index is 12.0. The van der Waals surface area contributed by atoms with Crippen LogP contribution in [0, 0.1) is 0 Å². The van der Waals surface area contributed by atoms with E-state index in [2.05, 4.69) is 26.0 Å². The standard InChI is InChI=1S/C18H17BrN4O/c1-11(2)23-16(24)9-8-15(22-23)13-10-14(19)18(20)21-17(13)12-6-4-3-5-7-12/h3-11H,1-2H3,(H2,20,21). The van der Waals surface area contributed by atoms with E-state index in [1.807, 2.05) is 50.2 Å². The second kappa shape index (κ2) is 6.57. The van der Waals surface area contributed by atoms with E-state index in [9.17, 15) is 4.79 Å². The quantitative estimate of drug-likeness (QED) is 0.742. The fraction of sp³-hybridized carbons (Fsp3) is 0.167. The molecule has 2 N–H and O–H groups in total. The van der Waals surface area contributed by atoms with Gasteiger partial charge in [0, 0.05) is 17.2 Å². The van der Waals surface area contributed by atoms with E-state index in [-0.39, 0.29) is 11.6 Å². The number of pyridine rings is 1. The summed E-state index contributed by atoms with van der Waals surface area (Å²) >= 11 is 3.43. The number of nitrogens with two attached hydrogens (primary N) is 1. The van der Waals surface area contributed by atoms with E-state index >= 15 is 0 Å². The molecule has 0 bridgehead atoms. The largest absolute Gasteiger partial charge is 0.383 e. The Labute approximate surface area is 148 Å². The van der Waals surface area contributed by atoms with Gasteiger partial charge in [0.15, 0.2) is 0 Å². The smallest absolute Gasteiger partial charge is 0.267 e. The molecule has 24 heavy (non-hydrogen) atoms. The Morgan fingerprint density at radius 2 is 1.83 bits per heavy atom. The van der Waals surface area contributed by atoms with E-state index in [1.54, 1.807) is 6.07 Å². The van der Waals surface area contributed by atoms with Crippen LogP contribution in [0.5, 0.6) is 0 Å². The summed E-state index contributed by atoms with van der Waals surface area (Å²) in [7, 11) is 0. The first-order valence-corrected chi connectivity index (χ1v) is 8.38. The Kier molecular flexibility index (Phi) is 4.49. The van der Waals surface area contributed by atoms with Gasteiger partial charge >= 0.3 is 0 Å². The molecule has 0 aliphatic carbocycles. The minimum Gasteiger partial charge on any atom is -0.383 e. The van der Waals surface area contributed by atoms with E-state index < -0.39 is 0 Å². The van der Waals surface area contributed by atoms with Crippen LogP contribution in [0.2, 0.25) is 0 Å². The molecular formula is C18H17BrN4O. The molecule has 0 aliphatic rings. The van der Waals surface area contributed by atoms with Crippen molar-refractivity contribution >= 4 is 21.7 Å². The highest BCUT2D eigenvalue weighted by molar-refractivity contribution is 9.10. The lowest BCUT2D eigenvalue weighted by atomic mass is 10.0. The summed E-state index contributed by atoms with van der Waals surface area (Å²) in [4.78, 5) is 16.5. The summed E-state index contributed by atoms with van der Waals surface area (Å²) in [5, 5.41) is 4.50. The summed E-state index contributed by atoms with van der Waals surface area (Å²) in [6.07, 6.45) is 0. The van der Waals surface area contributed by atoms with Gasteiger partial charge in [-0.2, -0.15) is 5.10 Å². The van der Waals surface area contributed by atoms with Gasteiger partial charge in [-0.25, -0.2) is 9.67 Å². The van der Waals surface area contributed by atoms with Crippen molar-refractivity contribution < 1.29 is 0 Å². The van der Waals surface area contributed by atoms with E-state index in [4.69, 9.17) is 5.73 Å². The summed E-state index contributed by atoms with van der Waals surface area (Å²) in [6.45, 7) is 3.85. The molecule has 0 saturated carbocycles. The van der Waals surface area contributed by atoms with E-state index in [0.29, 0.717) is 16.0 Å². The average molecular weight is 385 g/mol.